The topological polar surface area (TPSA) is 55.8 Å². The number of hydrogen-bond acceptors (Lipinski definition) is 4. The lowest BCUT2D eigenvalue weighted by Gasteiger charge is -2.14. The Balaban J connectivity index is 1.73. The van der Waals surface area contributed by atoms with Crippen molar-refractivity contribution in [2.45, 2.75) is 0 Å². The monoisotopic (exact) mass is 281 g/mol. The zero-order valence-electron chi connectivity index (χ0n) is 10.9. The molecule has 0 bridgehead atoms. The Bertz CT molecular complexity index is 695. The zero-order valence-corrected chi connectivity index (χ0v) is 10.9. The van der Waals surface area contributed by atoms with Crippen molar-refractivity contribution in [3.05, 3.63) is 72.5 Å². The van der Waals surface area contributed by atoms with Crippen LogP contribution >= 0.6 is 0 Å². The summed E-state index contributed by atoms with van der Waals surface area (Å²) >= 11 is 0. The lowest BCUT2D eigenvalue weighted by Crippen LogP contribution is -2.34. The summed E-state index contributed by atoms with van der Waals surface area (Å²) in [7, 11) is 0. The molecular formula is C16H11NO4. The van der Waals surface area contributed by atoms with E-state index in [4.69, 9.17) is 9.57 Å². The first-order chi connectivity index (χ1) is 10.2. The van der Waals surface area contributed by atoms with Crippen LogP contribution in [0, 0.1) is 0 Å². The average molecular weight is 281 g/mol. The highest BCUT2D eigenvalue weighted by molar-refractivity contribution is 6.14. The molecule has 21 heavy (non-hydrogen) atoms. The summed E-state index contributed by atoms with van der Waals surface area (Å²) in [4.78, 5) is 29.2. The lowest BCUT2D eigenvalue weighted by atomic mass is 10.3. The van der Waals surface area contributed by atoms with E-state index in [1.807, 2.05) is 12.1 Å². The maximum Gasteiger partial charge on any atom is 0.330 e. The van der Waals surface area contributed by atoms with Crippen molar-refractivity contribution in [3.8, 4) is 11.5 Å². The standard InChI is InChI=1S/C16H11NO4/c18-15-11-14(20-12-7-3-1-4-8-12)16(19)17(15)21-13-9-5-2-6-10-13/h1-11H. The van der Waals surface area contributed by atoms with Gasteiger partial charge >= 0.3 is 5.91 Å². The maximum atomic E-state index is 12.1. The molecule has 104 valence electrons. The molecule has 0 atom stereocenters. The molecule has 2 amide bonds. The van der Waals surface area contributed by atoms with Crippen LogP contribution in [0.3, 0.4) is 0 Å². The molecule has 1 heterocycles. The molecule has 0 saturated heterocycles. The van der Waals surface area contributed by atoms with E-state index in [1.165, 1.54) is 0 Å². The second-order valence-corrected chi connectivity index (χ2v) is 4.27. The van der Waals surface area contributed by atoms with Crippen LogP contribution in [0.25, 0.3) is 0 Å². The van der Waals surface area contributed by atoms with Crippen LogP contribution in [0.2, 0.25) is 0 Å². The molecule has 3 rings (SSSR count). The van der Waals surface area contributed by atoms with Gasteiger partial charge in [-0.05, 0) is 24.3 Å². The minimum Gasteiger partial charge on any atom is -0.451 e. The average Bonchev–Trinajstić information content (AvgIpc) is 2.77. The second-order valence-electron chi connectivity index (χ2n) is 4.27. The van der Waals surface area contributed by atoms with Crippen molar-refractivity contribution < 1.29 is 19.2 Å². The Morgan fingerprint density at radius 3 is 1.95 bits per heavy atom. The summed E-state index contributed by atoms with van der Waals surface area (Å²) in [6, 6.07) is 17.4. The highest BCUT2D eigenvalue weighted by Gasteiger charge is 2.35. The molecule has 5 nitrogen and oxygen atoms in total. The normalized spacial score (nSPS) is 14.1. The van der Waals surface area contributed by atoms with Crippen molar-refractivity contribution in [1.82, 2.24) is 5.06 Å². The first kappa shape index (κ1) is 12.9. The molecule has 0 fully saturated rings. The Morgan fingerprint density at radius 2 is 1.33 bits per heavy atom. The summed E-state index contributed by atoms with van der Waals surface area (Å²) in [6.07, 6.45) is 1.11. The van der Waals surface area contributed by atoms with Gasteiger partial charge in [-0.3, -0.25) is 9.59 Å². The molecule has 0 spiro atoms. The van der Waals surface area contributed by atoms with E-state index < -0.39 is 11.8 Å². The lowest BCUT2D eigenvalue weighted by molar-refractivity contribution is -0.164. The molecule has 2 aromatic rings. The van der Waals surface area contributed by atoms with Gasteiger partial charge in [0.2, 0.25) is 5.76 Å². The van der Waals surface area contributed by atoms with Gasteiger partial charge in [0, 0.05) is 0 Å². The molecular weight excluding hydrogens is 270 g/mol. The number of amides is 2. The van der Waals surface area contributed by atoms with E-state index in [1.54, 1.807) is 48.5 Å². The fraction of sp³-hybridized carbons (Fsp3) is 0. The Hall–Kier alpha value is -3.08. The number of imide groups is 1. The predicted octanol–water partition coefficient (Wildman–Crippen LogP) is 2.31. The largest absolute Gasteiger partial charge is 0.451 e. The van der Waals surface area contributed by atoms with E-state index in [9.17, 15) is 9.59 Å². The van der Waals surface area contributed by atoms with Gasteiger partial charge in [0.1, 0.15) is 5.75 Å². The minimum absolute atomic E-state index is 0.0675. The number of carbonyl (C=O) groups excluding carboxylic acids is 2. The van der Waals surface area contributed by atoms with Crippen LogP contribution in [0.4, 0.5) is 0 Å². The summed E-state index contributed by atoms with van der Waals surface area (Å²) in [5, 5.41) is 0.674. The van der Waals surface area contributed by atoms with Crippen LogP contribution in [0.1, 0.15) is 0 Å². The number of nitrogens with zero attached hydrogens (tertiary/aromatic N) is 1. The number of carbonyl (C=O) groups is 2. The minimum atomic E-state index is -0.632. The molecule has 0 aliphatic carbocycles. The summed E-state index contributed by atoms with van der Waals surface area (Å²) < 4.78 is 5.39. The SMILES string of the molecule is O=C1C=C(Oc2ccccc2)C(=O)N1Oc1ccccc1. The number of hydroxylamine groups is 2. The van der Waals surface area contributed by atoms with E-state index in [2.05, 4.69) is 0 Å². The molecule has 1 aliphatic rings. The van der Waals surface area contributed by atoms with E-state index in [-0.39, 0.29) is 5.76 Å². The number of benzene rings is 2. The van der Waals surface area contributed by atoms with Crippen molar-refractivity contribution in [1.29, 1.82) is 0 Å². The molecule has 0 saturated carbocycles. The zero-order chi connectivity index (χ0) is 14.7. The van der Waals surface area contributed by atoms with Crippen LogP contribution < -0.4 is 9.57 Å². The van der Waals surface area contributed by atoms with Gasteiger partial charge in [-0.25, -0.2) is 0 Å². The fourth-order valence-electron chi connectivity index (χ4n) is 1.79. The van der Waals surface area contributed by atoms with Crippen molar-refractivity contribution >= 4 is 11.8 Å². The number of ether oxygens (including phenoxy) is 1. The quantitative estimate of drug-likeness (QED) is 0.807. The molecule has 0 N–H and O–H groups in total. The van der Waals surface area contributed by atoms with Gasteiger partial charge in [-0.15, -0.1) is 0 Å². The summed E-state index contributed by atoms with van der Waals surface area (Å²) in [6.45, 7) is 0. The number of para-hydroxylation sites is 2. The van der Waals surface area contributed by atoms with E-state index >= 15 is 0 Å². The van der Waals surface area contributed by atoms with Crippen molar-refractivity contribution in [2.75, 3.05) is 0 Å². The van der Waals surface area contributed by atoms with Crippen LogP contribution in [0.5, 0.6) is 11.5 Å². The van der Waals surface area contributed by atoms with Gasteiger partial charge in [0.25, 0.3) is 5.91 Å². The van der Waals surface area contributed by atoms with E-state index in [0.717, 1.165) is 6.08 Å². The molecule has 1 aliphatic heterocycles. The number of rotatable bonds is 4. The van der Waals surface area contributed by atoms with Gasteiger partial charge in [-0.2, -0.15) is 0 Å². The van der Waals surface area contributed by atoms with E-state index in [0.29, 0.717) is 16.6 Å². The summed E-state index contributed by atoms with van der Waals surface area (Å²) in [5.41, 5.74) is 0. The third kappa shape index (κ3) is 2.76. The first-order valence-corrected chi connectivity index (χ1v) is 6.30. The molecule has 2 aromatic carbocycles. The molecule has 0 radical (unpaired) electrons. The number of hydrogen-bond donors (Lipinski definition) is 0. The maximum absolute atomic E-state index is 12.1. The second kappa shape index (κ2) is 5.50. The predicted molar refractivity (Wildman–Crippen MR) is 74.1 cm³/mol. The van der Waals surface area contributed by atoms with Crippen LogP contribution in [0.15, 0.2) is 72.5 Å². The third-order valence-corrected chi connectivity index (χ3v) is 2.76. The Kier molecular flexibility index (Phi) is 3.39. The first-order valence-electron chi connectivity index (χ1n) is 6.30. The Morgan fingerprint density at radius 1 is 0.762 bits per heavy atom. The molecule has 5 heteroatoms. The van der Waals surface area contributed by atoms with Gasteiger partial charge in [0.15, 0.2) is 5.75 Å². The van der Waals surface area contributed by atoms with Gasteiger partial charge in [0.05, 0.1) is 6.08 Å². The highest BCUT2D eigenvalue weighted by Crippen LogP contribution is 2.21. The third-order valence-electron chi connectivity index (χ3n) is 2.76. The fourth-order valence-corrected chi connectivity index (χ4v) is 1.79. The van der Waals surface area contributed by atoms with Gasteiger partial charge < -0.3 is 9.57 Å². The van der Waals surface area contributed by atoms with Crippen LogP contribution in [-0.4, -0.2) is 16.9 Å². The molecule has 0 aromatic heterocycles. The smallest absolute Gasteiger partial charge is 0.330 e. The van der Waals surface area contributed by atoms with Crippen molar-refractivity contribution in [2.24, 2.45) is 0 Å². The molecule has 0 unspecified atom stereocenters. The van der Waals surface area contributed by atoms with Gasteiger partial charge in [-0.1, -0.05) is 41.5 Å². The van der Waals surface area contributed by atoms with Crippen LogP contribution in [-0.2, 0) is 9.59 Å². The highest BCUT2D eigenvalue weighted by atomic mass is 16.7. The summed E-state index contributed by atoms with van der Waals surface area (Å²) in [5.74, 6) is -0.398. The Labute approximate surface area is 121 Å². The van der Waals surface area contributed by atoms with Crippen molar-refractivity contribution in [3.63, 3.8) is 0 Å².